The second-order valence-corrected chi connectivity index (χ2v) is 11.8. The van der Waals surface area contributed by atoms with E-state index < -0.39 is 0 Å². The summed E-state index contributed by atoms with van der Waals surface area (Å²) >= 11 is 0. The van der Waals surface area contributed by atoms with Crippen molar-refractivity contribution in [3.8, 4) is 28.6 Å². The van der Waals surface area contributed by atoms with Crippen molar-refractivity contribution >= 4 is 44.0 Å². The Labute approximate surface area is 277 Å². The standard InChI is InChI=1S/C42H29N5O/c1-28(9-8-10-30-27-48-41-16-7-3-11-33(30)41)29-17-22-39-35(25-29)34-12-2-5-14-38(34)46(39)31-18-20-32(21-19-31)47-40-15-6-4-13-36(40)45-42(47)37-26-43-23-24-44-37/h2-26H,1,27H2/b9-8-,30-10+. The van der Waals surface area contributed by atoms with E-state index in [1.165, 1.54) is 16.3 Å². The van der Waals surface area contributed by atoms with Gasteiger partial charge in [-0.1, -0.05) is 79.4 Å². The minimum Gasteiger partial charge on any atom is -0.488 e. The Morgan fingerprint density at radius 3 is 2.33 bits per heavy atom. The lowest BCUT2D eigenvalue weighted by atomic mass is 10.0. The van der Waals surface area contributed by atoms with Crippen LogP contribution in [0.5, 0.6) is 5.75 Å². The number of ether oxygens (including phenoxy) is 1. The lowest BCUT2D eigenvalue weighted by Gasteiger charge is -2.12. The molecule has 5 aromatic carbocycles. The second-order valence-electron chi connectivity index (χ2n) is 11.8. The van der Waals surface area contributed by atoms with Gasteiger partial charge in [0.2, 0.25) is 0 Å². The molecular weight excluding hydrogens is 590 g/mol. The van der Waals surface area contributed by atoms with E-state index in [0.717, 1.165) is 67.4 Å². The first-order valence-electron chi connectivity index (χ1n) is 15.9. The molecule has 4 heterocycles. The lowest BCUT2D eigenvalue weighted by Crippen LogP contribution is -2.00. The summed E-state index contributed by atoms with van der Waals surface area (Å²) in [4.78, 5) is 13.8. The molecule has 0 amide bonds. The van der Waals surface area contributed by atoms with Crippen LogP contribution in [-0.4, -0.2) is 30.7 Å². The lowest BCUT2D eigenvalue weighted by molar-refractivity contribution is 0.388. The molecule has 48 heavy (non-hydrogen) atoms. The third kappa shape index (κ3) is 4.62. The highest BCUT2D eigenvalue weighted by molar-refractivity contribution is 6.10. The normalized spacial score (nSPS) is 13.5. The number of benzene rings is 5. The number of hydrogen-bond donors (Lipinski definition) is 0. The quantitative estimate of drug-likeness (QED) is 0.174. The van der Waals surface area contributed by atoms with E-state index in [-0.39, 0.29) is 0 Å². The summed E-state index contributed by atoms with van der Waals surface area (Å²) in [6.07, 6.45) is 11.4. The largest absolute Gasteiger partial charge is 0.488 e. The minimum absolute atomic E-state index is 0.588. The Morgan fingerprint density at radius 1 is 0.729 bits per heavy atom. The van der Waals surface area contributed by atoms with Gasteiger partial charge in [-0.15, -0.1) is 0 Å². The summed E-state index contributed by atoms with van der Waals surface area (Å²) in [5, 5.41) is 2.38. The van der Waals surface area contributed by atoms with Gasteiger partial charge in [-0.05, 0) is 71.8 Å². The Kier molecular flexibility index (Phi) is 6.57. The number of imidazole rings is 1. The number of allylic oxidation sites excluding steroid dienone is 4. The first kappa shape index (κ1) is 27.8. The molecule has 9 rings (SSSR count). The van der Waals surface area contributed by atoms with Crippen molar-refractivity contribution in [1.82, 2.24) is 24.1 Å². The first-order valence-corrected chi connectivity index (χ1v) is 15.9. The number of nitrogens with zero attached hydrogens (tertiary/aromatic N) is 5. The summed E-state index contributed by atoms with van der Waals surface area (Å²) in [5.41, 5.74) is 11.4. The Morgan fingerprint density at radius 2 is 1.48 bits per heavy atom. The van der Waals surface area contributed by atoms with Crippen molar-refractivity contribution in [2.24, 2.45) is 0 Å². The van der Waals surface area contributed by atoms with Gasteiger partial charge in [-0.25, -0.2) is 9.97 Å². The van der Waals surface area contributed by atoms with Crippen molar-refractivity contribution in [3.05, 3.63) is 170 Å². The fourth-order valence-corrected chi connectivity index (χ4v) is 6.68. The Hall–Kier alpha value is -6.53. The summed E-state index contributed by atoms with van der Waals surface area (Å²) in [6.45, 7) is 4.99. The Bertz CT molecular complexity index is 2570. The average Bonchev–Trinajstić information content (AvgIpc) is 3.84. The van der Waals surface area contributed by atoms with E-state index in [0.29, 0.717) is 6.61 Å². The van der Waals surface area contributed by atoms with Crippen molar-refractivity contribution in [2.75, 3.05) is 6.61 Å². The number of para-hydroxylation sites is 4. The third-order valence-electron chi connectivity index (χ3n) is 8.97. The summed E-state index contributed by atoms with van der Waals surface area (Å²) in [6, 6.07) is 40.1. The number of rotatable bonds is 6. The van der Waals surface area contributed by atoms with Crippen LogP contribution >= 0.6 is 0 Å². The zero-order chi connectivity index (χ0) is 32.0. The smallest absolute Gasteiger partial charge is 0.166 e. The molecule has 1 aliphatic heterocycles. The van der Waals surface area contributed by atoms with Crippen molar-refractivity contribution in [3.63, 3.8) is 0 Å². The maximum Gasteiger partial charge on any atom is 0.166 e. The van der Waals surface area contributed by atoms with Gasteiger partial charge >= 0.3 is 0 Å². The maximum atomic E-state index is 5.81. The highest BCUT2D eigenvalue weighted by atomic mass is 16.5. The molecule has 0 N–H and O–H groups in total. The van der Waals surface area contributed by atoms with Crippen LogP contribution in [-0.2, 0) is 0 Å². The van der Waals surface area contributed by atoms with E-state index in [9.17, 15) is 0 Å². The van der Waals surface area contributed by atoms with E-state index in [4.69, 9.17) is 9.72 Å². The molecule has 0 aliphatic carbocycles. The highest BCUT2D eigenvalue weighted by Gasteiger charge is 2.18. The van der Waals surface area contributed by atoms with E-state index in [2.05, 4.69) is 123 Å². The van der Waals surface area contributed by atoms with Gasteiger partial charge in [-0.3, -0.25) is 9.55 Å². The van der Waals surface area contributed by atoms with Gasteiger partial charge in [0.25, 0.3) is 0 Å². The third-order valence-corrected chi connectivity index (χ3v) is 8.97. The molecule has 0 bridgehead atoms. The minimum atomic E-state index is 0.588. The van der Waals surface area contributed by atoms with Crippen LogP contribution in [0.25, 0.3) is 66.9 Å². The molecule has 6 nitrogen and oxygen atoms in total. The summed E-state index contributed by atoms with van der Waals surface area (Å²) < 4.78 is 10.3. The van der Waals surface area contributed by atoms with Crippen molar-refractivity contribution in [2.45, 2.75) is 0 Å². The van der Waals surface area contributed by atoms with Crippen LogP contribution in [0.4, 0.5) is 0 Å². The van der Waals surface area contributed by atoms with Gasteiger partial charge in [0.05, 0.1) is 28.3 Å². The molecule has 0 spiro atoms. The van der Waals surface area contributed by atoms with Gasteiger partial charge in [0.15, 0.2) is 5.82 Å². The molecule has 8 aromatic rings. The molecule has 1 aliphatic rings. The van der Waals surface area contributed by atoms with Crippen LogP contribution in [0.1, 0.15) is 11.1 Å². The van der Waals surface area contributed by atoms with Gasteiger partial charge in [0, 0.05) is 45.7 Å². The molecule has 0 radical (unpaired) electrons. The van der Waals surface area contributed by atoms with Gasteiger partial charge < -0.3 is 9.30 Å². The first-order chi connectivity index (χ1) is 23.7. The van der Waals surface area contributed by atoms with E-state index in [1.807, 2.05) is 36.4 Å². The van der Waals surface area contributed by atoms with E-state index >= 15 is 0 Å². The average molecular weight is 620 g/mol. The van der Waals surface area contributed by atoms with Gasteiger partial charge in [-0.2, -0.15) is 0 Å². The molecule has 0 saturated carbocycles. The zero-order valence-corrected chi connectivity index (χ0v) is 26.0. The Balaban J connectivity index is 1.08. The van der Waals surface area contributed by atoms with Crippen LogP contribution in [0, 0.1) is 0 Å². The molecule has 0 fully saturated rings. The van der Waals surface area contributed by atoms with Crippen LogP contribution in [0.3, 0.4) is 0 Å². The molecule has 0 unspecified atom stereocenters. The molecular formula is C42H29N5O. The topological polar surface area (TPSA) is 57.8 Å². The predicted octanol–water partition coefficient (Wildman–Crippen LogP) is 9.62. The SMILES string of the molecule is C=C(/C=C\C=C1/COc2ccccc21)c1ccc2c(c1)c1ccccc1n2-c1ccc(-n2c(-c3cnccn3)nc3ccccc32)cc1. The zero-order valence-electron chi connectivity index (χ0n) is 26.0. The number of aromatic nitrogens is 5. The predicted molar refractivity (Wildman–Crippen MR) is 195 cm³/mol. The number of fused-ring (bicyclic) bond motifs is 5. The van der Waals surface area contributed by atoms with Gasteiger partial charge in [0.1, 0.15) is 18.1 Å². The van der Waals surface area contributed by atoms with Crippen molar-refractivity contribution < 1.29 is 4.74 Å². The van der Waals surface area contributed by atoms with E-state index in [1.54, 1.807) is 18.6 Å². The fourth-order valence-electron chi connectivity index (χ4n) is 6.68. The summed E-state index contributed by atoms with van der Waals surface area (Å²) in [5.74, 6) is 1.70. The van der Waals surface area contributed by atoms with Crippen LogP contribution in [0.2, 0.25) is 0 Å². The molecule has 0 atom stereocenters. The fraction of sp³-hybridized carbons (Fsp3) is 0.0238. The monoisotopic (exact) mass is 619 g/mol. The van der Waals surface area contributed by atoms with Crippen molar-refractivity contribution in [1.29, 1.82) is 0 Å². The number of hydrogen-bond acceptors (Lipinski definition) is 4. The van der Waals surface area contributed by atoms with Crippen LogP contribution < -0.4 is 4.74 Å². The van der Waals surface area contributed by atoms with Crippen LogP contribution in [0.15, 0.2) is 159 Å². The molecule has 0 saturated heterocycles. The maximum absolute atomic E-state index is 5.81. The second kappa shape index (κ2) is 11.4. The molecule has 6 heteroatoms. The summed E-state index contributed by atoms with van der Waals surface area (Å²) in [7, 11) is 0. The highest BCUT2D eigenvalue weighted by Crippen LogP contribution is 2.36. The molecule has 228 valence electrons. The molecule has 3 aromatic heterocycles.